The van der Waals surface area contributed by atoms with Crippen molar-refractivity contribution in [3.63, 3.8) is 0 Å². The van der Waals surface area contributed by atoms with Crippen molar-refractivity contribution in [3.05, 3.63) is 70.9 Å². The van der Waals surface area contributed by atoms with E-state index < -0.39 is 17.8 Å². The lowest BCUT2D eigenvalue weighted by molar-refractivity contribution is -0.255. The van der Waals surface area contributed by atoms with Crippen LogP contribution >= 0.6 is 11.6 Å². The van der Waals surface area contributed by atoms with E-state index in [4.69, 9.17) is 11.6 Å². The number of amides is 2. The van der Waals surface area contributed by atoms with Crippen molar-refractivity contribution < 1.29 is 19.5 Å². The van der Waals surface area contributed by atoms with Crippen LogP contribution in [0.15, 0.2) is 65.3 Å². The number of aromatic carboxylic acids is 1. The summed E-state index contributed by atoms with van der Waals surface area (Å²) in [6.07, 6.45) is 0. The van der Waals surface area contributed by atoms with Gasteiger partial charge in [-0.2, -0.15) is 0 Å². The lowest BCUT2D eigenvalue weighted by Crippen LogP contribution is -2.32. The Morgan fingerprint density at radius 3 is 2.17 bits per heavy atom. The number of hydrogen-bond donors (Lipinski definition) is 1. The highest BCUT2D eigenvalue weighted by Gasteiger charge is 2.38. The van der Waals surface area contributed by atoms with Crippen LogP contribution in [0.25, 0.3) is 0 Å². The fourth-order valence-electron chi connectivity index (χ4n) is 2.26. The first kappa shape index (κ1) is 15.8. The number of carbonyl (C=O) groups is 3. The minimum atomic E-state index is -1.30. The SMILES string of the molecule is O=C([O-])c1ccc(NC2=C(Cl)C(=O)N(c3ccccc3)C2=O)cc1. The van der Waals surface area contributed by atoms with Crippen LogP contribution < -0.4 is 15.3 Å². The summed E-state index contributed by atoms with van der Waals surface area (Å²) in [6, 6.07) is 14.0. The van der Waals surface area contributed by atoms with Crippen LogP contribution in [0.5, 0.6) is 0 Å². The molecule has 0 saturated heterocycles. The zero-order valence-electron chi connectivity index (χ0n) is 12.2. The number of imide groups is 1. The van der Waals surface area contributed by atoms with Crippen LogP contribution in [0.4, 0.5) is 11.4 Å². The monoisotopic (exact) mass is 341 g/mol. The minimum absolute atomic E-state index is 0.000337. The van der Waals surface area contributed by atoms with Gasteiger partial charge in [-0.1, -0.05) is 41.9 Å². The van der Waals surface area contributed by atoms with E-state index in [9.17, 15) is 19.5 Å². The van der Waals surface area contributed by atoms with E-state index in [-0.39, 0.29) is 16.3 Å². The Morgan fingerprint density at radius 1 is 0.958 bits per heavy atom. The average Bonchev–Trinajstić information content (AvgIpc) is 2.80. The van der Waals surface area contributed by atoms with E-state index >= 15 is 0 Å². The standard InChI is InChI=1S/C17H11ClN2O4/c18-13-14(19-11-8-6-10(7-9-11)17(23)24)16(22)20(15(13)21)12-4-2-1-3-5-12/h1-9,19H,(H,23,24)/p-1. The highest BCUT2D eigenvalue weighted by atomic mass is 35.5. The van der Waals surface area contributed by atoms with Crippen LogP contribution in [-0.2, 0) is 9.59 Å². The van der Waals surface area contributed by atoms with Crippen molar-refractivity contribution in [1.82, 2.24) is 0 Å². The maximum Gasteiger partial charge on any atom is 0.283 e. The zero-order valence-corrected chi connectivity index (χ0v) is 12.9. The van der Waals surface area contributed by atoms with Gasteiger partial charge in [0.1, 0.15) is 10.7 Å². The topological polar surface area (TPSA) is 89.5 Å². The molecule has 0 radical (unpaired) electrons. The number of halogens is 1. The van der Waals surface area contributed by atoms with Crippen molar-refractivity contribution in [3.8, 4) is 0 Å². The first-order chi connectivity index (χ1) is 11.5. The Morgan fingerprint density at radius 2 is 1.58 bits per heavy atom. The highest BCUT2D eigenvalue weighted by Crippen LogP contribution is 2.29. The summed E-state index contributed by atoms with van der Waals surface area (Å²) < 4.78 is 0. The van der Waals surface area contributed by atoms with Crippen LogP contribution in [-0.4, -0.2) is 17.8 Å². The quantitative estimate of drug-likeness (QED) is 0.851. The number of benzene rings is 2. The summed E-state index contributed by atoms with van der Waals surface area (Å²) in [7, 11) is 0. The lowest BCUT2D eigenvalue weighted by atomic mass is 10.2. The second-order valence-corrected chi connectivity index (χ2v) is 5.34. The largest absolute Gasteiger partial charge is 0.545 e. The van der Waals surface area contributed by atoms with Gasteiger partial charge in [0, 0.05) is 5.69 Å². The fraction of sp³-hybridized carbons (Fsp3) is 0. The second-order valence-electron chi connectivity index (χ2n) is 4.96. The van der Waals surface area contributed by atoms with Gasteiger partial charge in [-0.25, -0.2) is 4.90 Å². The third kappa shape index (κ3) is 2.75. The van der Waals surface area contributed by atoms with Crippen LogP contribution in [0, 0.1) is 0 Å². The molecule has 7 heteroatoms. The predicted octanol–water partition coefficient (Wildman–Crippen LogP) is 1.49. The molecule has 1 aliphatic rings. The fourth-order valence-corrected chi connectivity index (χ4v) is 2.47. The molecule has 2 aromatic rings. The maximum atomic E-state index is 12.5. The smallest absolute Gasteiger partial charge is 0.283 e. The highest BCUT2D eigenvalue weighted by molar-refractivity contribution is 6.53. The third-order valence-electron chi connectivity index (χ3n) is 3.43. The van der Waals surface area contributed by atoms with E-state index in [1.54, 1.807) is 30.3 Å². The molecule has 6 nitrogen and oxygen atoms in total. The normalized spacial score (nSPS) is 14.3. The van der Waals surface area contributed by atoms with E-state index in [0.29, 0.717) is 11.4 Å². The van der Waals surface area contributed by atoms with Crippen LogP contribution in [0.2, 0.25) is 0 Å². The van der Waals surface area contributed by atoms with Gasteiger partial charge in [0.05, 0.1) is 11.7 Å². The summed E-state index contributed by atoms with van der Waals surface area (Å²) in [6.45, 7) is 0. The Hall–Kier alpha value is -3.12. The molecule has 0 aromatic heterocycles. The summed E-state index contributed by atoms with van der Waals surface area (Å²) in [5.74, 6) is -2.51. The molecule has 120 valence electrons. The van der Waals surface area contributed by atoms with Gasteiger partial charge in [0.15, 0.2) is 0 Å². The van der Waals surface area contributed by atoms with Gasteiger partial charge in [-0.15, -0.1) is 0 Å². The van der Waals surface area contributed by atoms with Gasteiger partial charge < -0.3 is 15.2 Å². The molecule has 1 heterocycles. The summed E-state index contributed by atoms with van der Waals surface area (Å²) in [4.78, 5) is 36.5. The van der Waals surface area contributed by atoms with Crippen molar-refractivity contribution >= 4 is 40.8 Å². The van der Waals surface area contributed by atoms with Gasteiger partial charge in [-0.05, 0) is 29.8 Å². The molecule has 1 aliphatic heterocycles. The molecular formula is C17H10ClN2O4-. The number of carbonyl (C=O) groups excluding carboxylic acids is 3. The van der Waals surface area contributed by atoms with Crippen LogP contribution in [0.1, 0.15) is 10.4 Å². The summed E-state index contributed by atoms with van der Waals surface area (Å²) >= 11 is 6.00. The molecule has 2 amide bonds. The van der Waals surface area contributed by atoms with E-state index in [2.05, 4.69) is 5.32 Å². The Labute approximate surface area is 142 Å². The summed E-state index contributed by atoms with van der Waals surface area (Å²) in [5, 5.41) is 13.3. The van der Waals surface area contributed by atoms with Crippen LogP contribution in [0.3, 0.4) is 0 Å². The van der Waals surface area contributed by atoms with Crippen molar-refractivity contribution in [1.29, 1.82) is 0 Å². The van der Waals surface area contributed by atoms with Gasteiger partial charge >= 0.3 is 0 Å². The Balaban J connectivity index is 1.87. The molecule has 1 N–H and O–H groups in total. The molecule has 0 bridgehead atoms. The Bertz CT molecular complexity index is 860. The predicted molar refractivity (Wildman–Crippen MR) is 86.2 cm³/mol. The van der Waals surface area contributed by atoms with Crippen molar-refractivity contribution in [2.24, 2.45) is 0 Å². The first-order valence-corrected chi connectivity index (χ1v) is 7.29. The van der Waals surface area contributed by atoms with Gasteiger partial charge in [0.25, 0.3) is 11.8 Å². The number of carboxylic acids is 1. The zero-order chi connectivity index (χ0) is 17.3. The first-order valence-electron chi connectivity index (χ1n) is 6.91. The lowest BCUT2D eigenvalue weighted by Gasteiger charge is -2.15. The molecule has 0 atom stereocenters. The summed E-state index contributed by atoms with van der Waals surface area (Å²) in [5.41, 5.74) is 0.769. The maximum absolute atomic E-state index is 12.5. The van der Waals surface area contributed by atoms with E-state index in [1.165, 1.54) is 24.3 Å². The average molecular weight is 342 g/mol. The molecule has 3 rings (SSSR count). The van der Waals surface area contributed by atoms with E-state index in [0.717, 1.165) is 4.90 Å². The van der Waals surface area contributed by atoms with Gasteiger partial charge in [-0.3, -0.25) is 9.59 Å². The second kappa shape index (κ2) is 6.17. The Kier molecular flexibility index (Phi) is 4.05. The number of carboxylic acid groups (broad SMARTS) is 1. The van der Waals surface area contributed by atoms with Gasteiger partial charge in [0.2, 0.25) is 0 Å². The van der Waals surface area contributed by atoms with E-state index in [1.807, 2.05) is 0 Å². The molecule has 0 saturated carbocycles. The molecule has 0 unspecified atom stereocenters. The molecule has 2 aromatic carbocycles. The molecule has 0 fully saturated rings. The van der Waals surface area contributed by atoms with Crippen molar-refractivity contribution in [2.45, 2.75) is 0 Å². The third-order valence-corrected chi connectivity index (χ3v) is 3.78. The molecule has 24 heavy (non-hydrogen) atoms. The minimum Gasteiger partial charge on any atom is -0.545 e. The molecular weight excluding hydrogens is 332 g/mol. The van der Waals surface area contributed by atoms with Crippen molar-refractivity contribution in [2.75, 3.05) is 10.2 Å². The molecule has 0 aliphatic carbocycles. The number of nitrogens with zero attached hydrogens (tertiary/aromatic N) is 1. The number of anilines is 2. The number of hydrogen-bond acceptors (Lipinski definition) is 5. The number of rotatable bonds is 4. The molecule has 0 spiro atoms. The number of para-hydroxylation sites is 1. The number of nitrogens with one attached hydrogen (secondary N) is 1.